The van der Waals surface area contributed by atoms with Crippen molar-refractivity contribution in [2.45, 2.75) is 5.22 Å². The van der Waals surface area contributed by atoms with Gasteiger partial charge >= 0.3 is 5.97 Å². The summed E-state index contributed by atoms with van der Waals surface area (Å²) in [5, 5.41) is 18.0. The molecule has 0 fully saturated rings. The van der Waals surface area contributed by atoms with Gasteiger partial charge in [-0.1, -0.05) is 23.6 Å². The Morgan fingerprint density at radius 3 is 2.62 bits per heavy atom. The van der Waals surface area contributed by atoms with Gasteiger partial charge in [0.2, 0.25) is 0 Å². The van der Waals surface area contributed by atoms with E-state index in [2.05, 4.69) is 16.1 Å². The molecule has 32 heavy (non-hydrogen) atoms. The van der Waals surface area contributed by atoms with Crippen LogP contribution >= 0.6 is 23.4 Å². The number of aliphatic carboxylic acids is 1. The first-order valence-corrected chi connectivity index (χ1v) is 10.2. The third-order valence-corrected chi connectivity index (χ3v) is 5.09. The molecule has 1 heterocycles. The monoisotopic (exact) mass is 472 g/mol. The van der Waals surface area contributed by atoms with Crippen LogP contribution < -0.4 is 14.2 Å². The fourth-order valence-electron chi connectivity index (χ4n) is 2.60. The first-order chi connectivity index (χ1) is 15.4. The Hall–Kier alpha value is -3.61. The minimum absolute atomic E-state index is 0.0385. The molecule has 0 aliphatic carbocycles. The molecule has 0 spiro atoms. The summed E-state index contributed by atoms with van der Waals surface area (Å²) in [5.41, 5.74) is 1.06. The van der Waals surface area contributed by atoms with E-state index >= 15 is 0 Å². The number of carbonyl (C=O) groups is 1. The lowest BCUT2D eigenvalue weighted by molar-refractivity contribution is -0.131. The van der Waals surface area contributed by atoms with Gasteiger partial charge in [0.25, 0.3) is 11.1 Å². The number of nitrogens with zero attached hydrogens (tertiary/aromatic N) is 2. The SMILES string of the molecule is C#CCOc1ccc(/C=C(\Sc2nnc(-c3cc(Cl)ccc3OC)o2)C(=O)O)cc1OC. The van der Waals surface area contributed by atoms with Crippen molar-refractivity contribution in [1.29, 1.82) is 0 Å². The summed E-state index contributed by atoms with van der Waals surface area (Å²) in [5.74, 6) is 2.70. The smallest absolute Gasteiger partial charge is 0.342 e. The molecule has 8 nitrogen and oxygen atoms in total. The highest BCUT2D eigenvalue weighted by Gasteiger charge is 2.18. The number of carboxylic acids is 1. The summed E-state index contributed by atoms with van der Waals surface area (Å²) in [6.45, 7) is 0.0820. The van der Waals surface area contributed by atoms with E-state index in [1.807, 2.05) is 0 Å². The molecule has 0 aliphatic rings. The molecule has 0 unspecified atom stereocenters. The number of terminal acetylenes is 1. The van der Waals surface area contributed by atoms with E-state index in [9.17, 15) is 9.90 Å². The van der Waals surface area contributed by atoms with Crippen LogP contribution in [-0.4, -0.2) is 42.1 Å². The van der Waals surface area contributed by atoms with Crippen molar-refractivity contribution >= 4 is 35.4 Å². The molecule has 2 aromatic carbocycles. The fraction of sp³-hybridized carbons (Fsp3) is 0.136. The topological polar surface area (TPSA) is 104 Å². The standard InChI is InChI=1S/C22H17ClN2O6S/c1-4-9-30-17-7-5-13(10-18(17)29-3)11-19(21(26)27)32-22-25-24-20(31-22)15-12-14(23)6-8-16(15)28-2/h1,5-8,10-12H,9H2,2-3H3,(H,26,27)/b19-11-. The minimum atomic E-state index is -1.17. The van der Waals surface area contributed by atoms with Crippen LogP contribution in [0, 0.1) is 12.3 Å². The quantitative estimate of drug-likeness (QED) is 0.271. The number of thioether (sulfide) groups is 1. The molecule has 0 radical (unpaired) electrons. The van der Waals surface area contributed by atoms with Gasteiger partial charge in [-0.2, -0.15) is 0 Å². The Morgan fingerprint density at radius 1 is 1.19 bits per heavy atom. The summed E-state index contributed by atoms with van der Waals surface area (Å²) in [6, 6.07) is 9.90. The largest absolute Gasteiger partial charge is 0.496 e. The van der Waals surface area contributed by atoms with E-state index < -0.39 is 5.97 Å². The predicted molar refractivity (Wildman–Crippen MR) is 120 cm³/mol. The molecule has 0 aliphatic heterocycles. The van der Waals surface area contributed by atoms with Crippen molar-refractivity contribution in [2.75, 3.05) is 20.8 Å². The molecule has 0 amide bonds. The molecule has 0 bridgehead atoms. The highest BCUT2D eigenvalue weighted by atomic mass is 35.5. The van der Waals surface area contributed by atoms with Crippen LogP contribution in [0.25, 0.3) is 17.5 Å². The van der Waals surface area contributed by atoms with E-state index in [0.29, 0.717) is 33.4 Å². The first kappa shape index (κ1) is 23.1. The van der Waals surface area contributed by atoms with Crippen LogP contribution in [0.15, 0.2) is 50.9 Å². The van der Waals surface area contributed by atoms with Crippen LogP contribution in [0.2, 0.25) is 5.02 Å². The predicted octanol–water partition coefficient (Wildman–Crippen LogP) is 4.64. The van der Waals surface area contributed by atoms with Gasteiger partial charge in [0.05, 0.1) is 19.8 Å². The Bertz CT molecular complexity index is 1200. The second kappa shape index (κ2) is 10.6. The average Bonchev–Trinajstić information content (AvgIpc) is 3.26. The number of carboxylic acid groups (broad SMARTS) is 1. The molecule has 3 aromatic rings. The molecule has 10 heteroatoms. The summed E-state index contributed by atoms with van der Waals surface area (Å²) in [4.78, 5) is 11.8. The number of aromatic nitrogens is 2. The van der Waals surface area contributed by atoms with Crippen molar-refractivity contribution < 1.29 is 28.5 Å². The zero-order chi connectivity index (χ0) is 23.1. The number of ether oxygens (including phenoxy) is 3. The highest BCUT2D eigenvalue weighted by molar-refractivity contribution is 8.03. The maximum absolute atomic E-state index is 11.8. The Balaban J connectivity index is 1.87. The van der Waals surface area contributed by atoms with Gasteiger partial charge in [0, 0.05) is 5.02 Å². The van der Waals surface area contributed by atoms with E-state index in [4.69, 9.17) is 36.7 Å². The molecular formula is C22H17ClN2O6S. The average molecular weight is 473 g/mol. The van der Waals surface area contributed by atoms with Crippen molar-refractivity contribution in [2.24, 2.45) is 0 Å². The summed E-state index contributed by atoms with van der Waals surface area (Å²) in [6.07, 6.45) is 6.65. The van der Waals surface area contributed by atoms with E-state index in [1.54, 1.807) is 36.4 Å². The summed E-state index contributed by atoms with van der Waals surface area (Å²) < 4.78 is 21.6. The molecule has 1 N–H and O–H groups in total. The molecule has 3 rings (SSSR count). The summed E-state index contributed by atoms with van der Waals surface area (Å²) in [7, 11) is 2.98. The van der Waals surface area contributed by atoms with Gasteiger partial charge in [-0.05, 0) is 53.7 Å². The van der Waals surface area contributed by atoms with Gasteiger partial charge < -0.3 is 23.7 Å². The van der Waals surface area contributed by atoms with Gasteiger partial charge in [-0.15, -0.1) is 16.6 Å². The number of halogens is 1. The molecule has 0 atom stereocenters. The number of rotatable bonds is 9. The molecule has 164 valence electrons. The van der Waals surface area contributed by atoms with Gasteiger partial charge in [-0.3, -0.25) is 0 Å². The van der Waals surface area contributed by atoms with E-state index in [0.717, 1.165) is 11.8 Å². The lowest BCUT2D eigenvalue weighted by Gasteiger charge is -2.09. The molecule has 1 aromatic heterocycles. The van der Waals surface area contributed by atoms with Crippen molar-refractivity contribution in [3.63, 3.8) is 0 Å². The lowest BCUT2D eigenvalue weighted by Crippen LogP contribution is -1.98. The Labute approximate surface area is 193 Å². The minimum Gasteiger partial charge on any atom is -0.496 e. The Kier molecular flexibility index (Phi) is 7.65. The third kappa shape index (κ3) is 5.55. The zero-order valence-corrected chi connectivity index (χ0v) is 18.6. The van der Waals surface area contributed by atoms with E-state index in [1.165, 1.54) is 20.3 Å². The lowest BCUT2D eigenvalue weighted by atomic mass is 10.2. The normalized spacial score (nSPS) is 11.0. The number of methoxy groups -OCH3 is 2. The second-order valence-corrected chi connectivity index (χ2v) is 7.47. The zero-order valence-electron chi connectivity index (χ0n) is 17.0. The van der Waals surface area contributed by atoms with Crippen LogP contribution in [0.3, 0.4) is 0 Å². The van der Waals surface area contributed by atoms with Crippen LogP contribution in [-0.2, 0) is 4.79 Å². The van der Waals surface area contributed by atoms with Gasteiger partial charge in [-0.25, -0.2) is 4.79 Å². The maximum atomic E-state index is 11.8. The molecular weight excluding hydrogens is 456 g/mol. The van der Waals surface area contributed by atoms with Gasteiger partial charge in [0.1, 0.15) is 17.3 Å². The van der Waals surface area contributed by atoms with Gasteiger partial charge in [0.15, 0.2) is 11.5 Å². The maximum Gasteiger partial charge on any atom is 0.342 e. The first-order valence-electron chi connectivity index (χ1n) is 8.99. The summed E-state index contributed by atoms with van der Waals surface area (Å²) >= 11 is 6.85. The Morgan fingerprint density at radius 2 is 1.94 bits per heavy atom. The molecule has 0 saturated heterocycles. The van der Waals surface area contributed by atoms with E-state index in [-0.39, 0.29) is 22.6 Å². The number of hydrogen-bond acceptors (Lipinski definition) is 8. The number of benzene rings is 2. The second-order valence-electron chi connectivity index (χ2n) is 6.04. The molecule has 0 saturated carbocycles. The van der Waals surface area contributed by atoms with Crippen LogP contribution in [0.4, 0.5) is 0 Å². The highest BCUT2D eigenvalue weighted by Crippen LogP contribution is 2.35. The van der Waals surface area contributed by atoms with Crippen LogP contribution in [0.1, 0.15) is 5.56 Å². The van der Waals surface area contributed by atoms with Crippen molar-refractivity contribution in [1.82, 2.24) is 10.2 Å². The number of hydrogen-bond donors (Lipinski definition) is 1. The fourth-order valence-corrected chi connectivity index (χ4v) is 3.44. The van der Waals surface area contributed by atoms with Crippen LogP contribution in [0.5, 0.6) is 17.2 Å². The van der Waals surface area contributed by atoms with Crippen molar-refractivity contribution in [3.8, 4) is 41.0 Å². The third-order valence-electron chi connectivity index (χ3n) is 4.00. The van der Waals surface area contributed by atoms with Crippen molar-refractivity contribution in [3.05, 3.63) is 51.9 Å².